The standard InChI is InChI=1S/C14H25NO3/c1-11(12-3-4-12)15(6-8-17-2)9-13-10-18-7-5-14(13)16/h11-13H,3-10H2,1-2H3. The van der Waals surface area contributed by atoms with E-state index in [0.29, 0.717) is 31.5 Å². The highest BCUT2D eigenvalue weighted by atomic mass is 16.5. The minimum absolute atomic E-state index is 0.0665. The first-order valence-corrected chi connectivity index (χ1v) is 7.05. The van der Waals surface area contributed by atoms with Gasteiger partial charge in [-0.15, -0.1) is 0 Å². The highest BCUT2D eigenvalue weighted by Crippen LogP contribution is 2.35. The second-order valence-corrected chi connectivity index (χ2v) is 5.55. The van der Waals surface area contributed by atoms with Crippen LogP contribution in [-0.2, 0) is 14.3 Å². The fourth-order valence-electron chi connectivity index (χ4n) is 2.68. The SMILES string of the molecule is COCCN(CC1COCCC1=O)C(C)C1CC1. The second-order valence-electron chi connectivity index (χ2n) is 5.55. The molecule has 0 radical (unpaired) electrons. The normalized spacial score (nSPS) is 26.6. The zero-order valence-corrected chi connectivity index (χ0v) is 11.6. The van der Waals surface area contributed by atoms with Crippen LogP contribution in [0.15, 0.2) is 0 Å². The number of Topliss-reactive ketones (excluding diaryl/α,β-unsaturated/α-hetero) is 1. The van der Waals surface area contributed by atoms with E-state index in [2.05, 4.69) is 11.8 Å². The van der Waals surface area contributed by atoms with Gasteiger partial charge in [0.1, 0.15) is 5.78 Å². The molecule has 1 saturated carbocycles. The average Bonchev–Trinajstić information content (AvgIpc) is 3.20. The third-order valence-electron chi connectivity index (χ3n) is 4.18. The molecule has 2 fully saturated rings. The van der Waals surface area contributed by atoms with Crippen LogP contribution >= 0.6 is 0 Å². The number of ketones is 1. The van der Waals surface area contributed by atoms with Gasteiger partial charge in [0.15, 0.2) is 0 Å². The molecule has 1 heterocycles. The molecular weight excluding hydrogens is 230 g/mol. The van der Waals surface area contributed by atoms with Crippen LogP contribution in [0.4, 0.5) is 0 Å². The van der Waals surface area contributed by atoms with Crippen molar-refractivity contribution in [3.8, 4) is 0 Å². The molecule has 104 valence electrons. The number of carbonyl (C=O) groups excluding carboxylic acids is 1. The van der Waals surface area contributed by atoms with Crippen molar-refractivity contribution in [2.75, 3.05) is 40.0 Å². The maximum Gasteiger partial charge on any atom is 0.141 e. The van der Waals surface area contributed by atoms with Crippen LogP contribution in [0.25, 0.3) is 0 Å². The Bertz CT molecular complexity index is 278. The maximum atomic E-state index is 11.9. The Labute approximate surface area is 110 Å². The van der Waals surface area contributed by atoms with Gasteiger partial charge in [-0.1, -0.05) is 0 Å². The molecule has 0 amide bonds. The van der Waals surface area contributed by atoms with Gasteiger partial charge in [0.05, 0.1) is 25.7 Å². The van der Waals surface area contributed by atoms with E-state index in [9.17, 15) is 4.79 Å². The van der Waals surface area contributed by atoms with Gasteiger partial charge in [0, 0.05) is 32.7 Å². The van der Waals surface area contributed by atoms with Crippen LogP contribution in [0.3, 0.4) is 0 Å². The highest BCUT2D eigenvalue weighted by Gasteiger charge is 2.34. The van der Waals surface area contributed by atoms with E-state index < -0.39 is 0 Å². The minimum Gasteiger partial charge on any atom is -0.383 e. The molecule has 0 aromatic heterocycles. The van der Waals surface area contributed by atoms with Crippen molar-refractivity contribution in [1.82, 2.24) is 4.90 Å². The molecule has 2 rings (SSSR count). The Balaban J connectivity index is 1.88. The molecule has 0 aromatic carbocycles. The number of ether oxygens (including phenoxy) is 2. The van der Waals surface area contributed by atoms with Crippen molar-refractivity contribution in [3.63, 3.8) is 0 Å². The summed E-state index contributed by atoms with van der Waals surface area (Å²) in [6.45, 7) is 5.96. The summed E-state index contributed by atoms with van der Waals surface area (Å²) in [4.78, 5) is 14.3. The number of methoxy groups -OCH3 is 1. The molecule has 1 saturated heterocycles. The lowest BCUT2D eigenvalue weighted by Gasteiger charge is -2.33. The smallest absolute Gasteiger partial charge is 0.141 e. The van der Waals surface area contributed by atoms with Gasteiger partial charge in [-0.3, -0.25) is 9.69 Å². The Morgan fingerprint density at radius 2 is 2.28 bits per heavy atom. The van der Waals surface area contributed by atoms with E-state index >= 15 is 0 Å². The summed E-state index contributed by atoms with van der Waals surface area (Å²) in [5, 5.41) is 0. The van der Waals surface area contributed by atoms with Crippen molar-refractivity contribution >= 4 is 5.78 Å². The molecule has 1 aliphatic heterocycles. The molecule has 0 N–H and O–H groups in total. The Hall–Kier alpha value is -0.450. The van der Waals surface area contributed by atoms with Gasteiger partial charge in [-0.25, -0.2) is 0 Å². The number of hydrogen-bond acceptors (Lipinski definition) is 4. The van der Waals surface area contributed by atoms with E-state index in [1.807, 2.05) is 0 Å². The third-order valence-corrected chi connectivity index (χ3v) is 4.18. The number of rotatable bonds is 7. The van der Waals surface area contributed by atoms with E-state index in [-0.39, 0.29) is 5.92 Å². The Morgan fingerprint density at radius 1 is 1.50 bits per heavy atom. The van der Waals surface area contributed by atoms with Crippen molar-refractivity contribution in [2.24, 2.45) is 11.8 Å². The average molecular weight is 255 g/mol. The zero-order valence-electron chi connectivity index (χ0n) is 11.6. The van der Waals surface area contributed by atoms with Crippen molar-refractivity contribution in [1.29, 1.82) is 0 Å². The maximum absolute atomic E-state index is 11.9. The zero-order chi connectivity index (χ0) is 13.0. The predicted molar refractivity (Wildman–Crippen MR) is 69.6 cm³/mol. The van der Waals surface area contributed by atoms with E-state index in [1.165, 1.54) is 12.8 Å². The van der Waals surface area contributed by atoms with Gasteiger partial charge < -0.3 is 9.47 Å². The molecule has 2 aliphatic rings. The number of nitrogens with zero attached hydrogens (tertiary/aromatic N) is 1. The summed E-state index contributed by atoms with van der Waals surface area (Å²) >= 11 is 0. The molecule has 4 nitrogen and oxygen atoms in total. The molecule has 0 bridgehead atoms. The predicted octanol–water partition coefficient (Wildman–Crippen LogP) is 1.34. The summed E-state index contributed by atoms with van der Waals surface area (Å²) in [6.07, 6.45) is 3.25. The summed E-state index contributed by atoms with van der Waals surface area (Å²) in [7, 11) is 1.73. The van der Waals surface area contributed by atoms with E-state index in [1.54, 1.807) is 7.11 Å². The monoisotopic (exact) mass is 255 g/mol. The second kappa shape index (κ2) is 6.64. The lowest BCUT2D eigenvalue weighted by Crippen LogP contribution is -2.44. The van der Waals surface area contributed by atoms with Crippen LogP contribution < -0.4 is 0 Å². The minimum atomic E-state index is 0.0665. The lowest BCUT2D eigenvalue weighted by molar-refractivity contribution is -0.131. The molecule has 18 heavy (non-hydrogen) atoms. The Kier molecular flexibility index (Phi) is 5.15. The van der Waals surface area contributed by atoms with Gasteiger partial charge in [0.2, 0.25) is 0 Å². The van der Waals surface area contributed by atoms with Crippen LogP contribution in [0.5, 0.6) is 0 Å². The summed E-state index contributed by atoms with van der Waals surface area (Å²) in [6, 6.07) is 0.565. The molecule has 1 aliphatic carbocycles. The van der Waals surface area contributed by atoms with Crippen molar-refractivity contribution in [2.45, 2.75) is 32.2 Å². The van der Waals surface area contributed by atoms with Crippen LogP contribution in [0, 0.1) is 11.8 Å². The lowest BCUT2D eigenvalue weighted by atomic mass is 9.99. The van der Waals surface area contributed by atoms with E-state index in [4.69, 9.17) is 9.47 Å². The fourth-order valence-corrected chi connectivity index (χ4v) is 2.68. The fraction of sp³-hybridized carbons (Fsp3) is 0.929. The topological polar surface area (TPSA) is 38.8 Å². The molecule has 4 heteroatoms. The Morgan fingerprint density at radius 3 is 2.89 bits per heavy atom. The first-order valence-electron chi connectivity index (χ1n) is 7.05. The van der Waals surface area contributed by atoms with Gasteiger partial charge in [-0.05, 0) is 25.7 Å². The van der Waals surface area contributed by atoms with Gasteiger partial charge >= 0.3 is 0 Å². The summed E-state index contributed by atoms with van der Waals surface area (Å²) in [5.41, 5.74) is 0. The molecule has 2 unspecified atom stereocenters. The molecule has 2 atom stereocenters. The van der Waals surface area contributed by atoms with Crippen LogP contribution in [0.2, 0.25) is 0 Å². The largest absolute Gasteiger partial charge is 0.383 e. The first kappa shape index (κ1) is 14.0. The summed E-state index contributed by atoms with van der Waals surface area (Å²) in [5.74, 6) is 1.25. The van der Waals surface area contributed by atoms with Gasteiger partial charge in [0.25, 0.3) is 0 Å². The first-order chi connectivity index (χ1) is 8.72. The van der Waals surface area contributed by atoms with Crippen molar-refractivity contribution in [3.05, 3.63) is 0 Å². The van der Waals surface area contributed by atoms with Crippen LogP contribution in [0.1, 0.15) is 26.2 Å². The third kappa shape index (κ3) is 3.77. The highest BCUT2D eigenvalue weighted by molar-refractivity contribution is 5.82. The number of carbonyl (C=O) groups is 1. The van der Waals surface area contributed by atoms with Gasteiger partial charge in [-0.2, -0.15) is 0 Å². The van der Waals surface area contributed by atoms with E-state index in [0.717, 1.165) is 25.6 Å². The number of hydrogen-bond donors (Lipinski definition) is 0. The quantitative estimate of drug-likeness (QED) is 0.688. The molecule has 0 spiro atoms. The van der Waals surface area contributed by atoms with Crippen molar-refractivity contribution < 1.29 is 14.3 Å². The molecule has 0 aromatic rings. The van der Waals surface area contributed by atoms with Crippen LogP contribution in [-0.4, -0.2) is 56.7 Å². The molecular formula is C14H25NO3. The summed E-state index contributed by atoms with van der Waals surface area (Å²) < 4.78 is 10.6.